The van der Waals surface area contributed by atoms with Crippen molar-refractivity contribution in [3.8, 4) is 11.5 Å². The number of morpholine rings is 1. The highest BCUT2D eigenvalue weighted by Crippen LogP contribution is 2.26. The van der Waals surface area contributed by atoms with Crippen LogP contribution in [0, 0.1) is 6.92 Å². The zero-order valence-electron chi connectivity index (χ0n) is 12.9. The van der Waals surface area contributed by atoms with Crippen molar-refractivity contribution in [1.29, 1.82) is 0 Å². The van der Waals surface area contributed by atoms with Crippen molar-refractivity contribution in [3.63, 3.8) is 0 Å². The molecule has 0 bridgehead atoms. The van der Waals surface area contributed by atoms with Crippen molar-refractivity contribution in [2.45, 2.75) is 11.8 Å². The van der Waals surface area contributed by atoms with E-state index in [4.69, 9.17) is 14.3 Å². The number of rotatable bonds is 4. The third-order valence-electron chi connectivity index (χ3n) is 3.69. The lowest BCUT2D eigenvalue weighted by Gasteiger charge is -2.26. The molecule has 1 fully saturated rings. The highest BCUT2D eigenvalue weighted by atomic mass is 32.2. The predicted molar refractivity (Wildman–Crippen MR) is 83.2 cm³/mol. The van der Waals surface area contributed by atoms with Crippen LogP contribution < -0.4 is 0 Å². The summed E-state index contributed by atoms with van der Waals surface area (Å²) in [5.74, 6) is -0.956. The largest absolute Gasteiger partial charge is 0.476 e. The fourth-order valence-electron chi connectivity index (χ4n) is 2.44. The Morgan fingerprint density at radius 1 is 1.29 bits per heavy atom. The molecule has 0 unspecified atom stereocenters. The number of benzene rings is 1. The number of sulfonamides is 1. The van der Waals surface area contributed by atoms with Gasteiger partial charge in [0.05, 0.1) is 18.1 Å². The summed E-state index contributed by atoms with van der Waals surface area (Å²) in [4.78, 5) is 15.1. The Bertz CT molecular complexity index is 868. The van der Waals surface area contributed by atoms with E-state index in [0.29, 0.717) is 31.9 Å². The average Bonchev–Trinajstić information content (AvgIpc) is 2.98. The van der Waals surface area contributed by atoms with Gasteiger partial charge in [-0.15, -0.1) is 0 Å². The monoisotopic (exact) mass is 352 g/mol. The lowest BCUT2D eigenvalue weighted by Crippen LogP contribution is -2.40. The van der Waals surface area contributed by atoms with E-state index in [1.54, 1.807) is 12.1 Å². The molecule has 1 saturated heterocycles. The van der Waals surface area contributed by atoms with E-state index in [1.165, 1.54) is 23.4 Å². The fourth-order valence-corrected chi connectivity index (χ4v) is 3.90. The molecule has 1 aliphatic rings. The number of aromatic carboxylic acids is 1. The van der Waals surface area contributed by atoms with Crippen molar-refractivity contribution in [2.75, 3.05) is 26.3 Å². The summed E-state index contributed by atoms with van der Waals surface area (Å²) in [5, 5.41) is 9.04. The minimum Gasteiger partial charge on any atom is -0.476 e. The third kappa shape index (κ3) is 3.05. The molecule has 0 radical (unpaired) electrons. The van der Waals surface area contributed by atoms with Gasteiger partial charge in [0.2, 0.25) is 15.9 Å². The zero-order valence-corrected chi connectivity index (χ0v) is 13.7. The standard InChI is InChI=1S/C15H16N2O6S/c1-10-13(15(18)19)16-14(23-10)11-3-2-4-12(9-11)24(20,21)17-5-7-22-8-6-17/h2-4,9H,5-8H2,1H3,(H,18,19). The van der Waals surface area contributed by atoms with E-state index >= 15 is 0 Å². The molecular formula is C15H16N2O6S. The number of carboxylic acid groups (broad SMARTS) is 1. The molecule has 24 heavy (non-hydrogen) atoms. The normalized spacial score (nSPS) is 16.2. The quantitative estimate of drug-likeness (QED) is 0.885. The smallest absolute Gasteiger partial charge is 0.358 e. The van der Waals surface area contributed by atoms with Gasteiger partial charge in [0.1, 0.15) is 5.76 Å². The lowest BCUT2D eigenvalue weighted by molar-refractivity contribution is 0.0689. The van der Waals surface area contributed by atoms with Crippen LogP contribution in [0.5, 0.6) is 0 Å². The SMILES string of the molecule is Cc1oc(-c2cccc(S(=O)(=O)N3CCOCC3)c2)nc1C(=O)O. The number of oxazole rings is 1. The molecule has 2 aromatic rings. The molecular weight excluding hydrogens is 336 g/mol. The van der Waals surface area contributed by atoms with Crippen LogP contribution in [-0.4, -0.2) is 55.1 Å². The van der Waals surface area contributed by atoms with Gasteiger partial charge in [0.15, 0.2) is 5.69 Å². The third-order valence-corrected chi connectivity index (χ3v) is 5.58. The molecule has 3 rings (SSSR count). The van der Waals surface area contributed by atoms with Crippen LogP contribution in [0.3, 0.4) is 0 Å². The maximum Gasteiger partial charge on any atom is 0.358 e. The highest BCUT2D eigenvalue weighted by molar-refractivity contribution is 7.89. The van der Waals surface area contributed by atoms with Crippen LogP contribution in [0.25, 0.3) is 11.5 Å². The Kier molecular flexibility index (Phi) is 4.39. The molecule has 0 amide bonds. The summed E-state index contributed by atoms with van der Waals surface area (Å²) in [7, 11) is -3.64. The number of nitrogens with zero attached hydrogens (tertiary/aromatic N) is 2. The molecule has 8 nitrogen and oxygen atoms in total. The molecule has 1 N–H and O–H groups in total. The Morgan fingerprint density at radius 3 is 2.62 bits per heavy atom. The van der Waals surface area contributed by atoms with Crippen LogP contribution in [0.4, 0.5) is 0 Å². The summed E-state index contributed by atoms with van der Waals surface area (Å²) < 4.78 is 37.2. The van der Waals surface area contributed by atoms with Crippen molar-refractivity contribution < 1.29 is 27.5 Å². The van der Waals surface area contributed by atoms with E-state index in [9.17, 15) is 13.2 Å². The molecule has 0 saturated carbocycles. The van der Waals surface area contributed by atoms with Crippen molar-refractivity contribution in [1.82, 2.24) is 9.29 Å². The minimum absolute atomic E-state index is 0.0731. The summed E-state index contributed by atoms with van der Waals surface area (Å²) in [6, 6.07) is 6.11. The second-order valence-electron chi connectivity index (χ2n) is 5.27. The first-order chi connectivity index (χ1) is 11.4. The Morgan fingerprint density at radius 2 is 2.00 bits per heavy atom. The molecule has 0 spiro atoms. The maximum atomic E-state index is 12.7. The molecule has 0 atom stereocenters. The molecule has 0 aliphatic carbocycles. The van der Waals surface area contributed by atoms with Gasteiger partial charge >= 0.3 is 5.97 Å². The maximum absolute atomic E-state index is 12.7. The topological polar surface area (TPSA) is 110 Å². The Hall–Kier alpha value is -2.23. The van der Waals surface area contributed by atoms with E-state index in [0.717, 1.165) is 0 Å². The van der Waals surface area contributed by atoms with E-state index < -0.39 is 16.0 Å². The van der Waals surface area contributed by atoms with Crippen LogP contribution >= 0.6 is 0 Å². The number of carbonyl (C=O) groups is 1. The molecule has 128 valence electrons. The Labute approximate surface area is 138 Å². The minimum atomic E-state index is -3.64. The second kappa shape index (κ2) is 6.34. The summed E-state index contributed by atoms with van der Waals surface area (Å²) >= 11 is 0. The van der Waals surface area contributed by atoms with Gasteiger partial charge in [-0.1, -0.05) is 6.07 Å². The predicted octanol–water partition coefficient (Wildman–Crippen LogP) is 1.37. The second-order valence-corrected chi connectivity index (χ2v) is 7.21. The Balaban J connectivity index is 1.97. The molecule has 1 aromatic heterocycles. The van der Waals surface area contributed by atoms with Crippen LogP contribution in [-0.2, 0) is 14.8 Å². The van der Waals surface area contributed by atoms with Crippen LogP contribution in [0.2, 0.25) is 0 Å². The zero-order chi connectivity index (χ0) is 17.3. The van der Waals surface area contributed by atoms with Gasteiger partial charge in [-0.2, -0.15) is 4.31 Å². The summed E-state index contributed by atoms with van der Waals surface area (Å²) in [6.07, 6.45) is 0. The number of aromatic nitrogens is 1. The van der Waals surface area contributed by atoms with Crippen molar-refractivity contribution in [2.24, 2.45) is 0 Å². The number of ether oxygens (including phenoxy) is 1. The average molecular weight is 352 g/mol. The number of hydrogen-bond acceptors (Lipinski definition) is 6. The molecule has 9 heteroatoms. The first kappa shape index (κ1) is 16.6. The molecule has 2 heterocycles. The number of hydrogen-bond donors (Lipinski definition) is 1. The lowest BCUT2D eigenvalue weighted by atomic mass is 10.2. The first-order valence-corrected chi connectivity index (χ1v) is 8.72. The molecule has 1 aliphatic heterocycles. The van der Waals surface area contributed by atoms with Crippen LogP contribution in [0.15, 0.2) is 33.6 Å². The van der Waals surface area contributed by atoms with E-state index in [1.807, 2.05) is 0 Å². The van der Waals surface area contributed by atoms with E-state index in [-0.39, 0.29) is 22.2 Å². The van der Waals surface area contributed by atoms with Crippen molar-refractivity contribution >= 4 is 16.0 Å². The summed E-state index contributed by atoms with van der Waals surface area (Å²) in [5.41, 5.74) is 0.214. The number of carboxylic acids is 1. The van der Waals surface area contributed by atoms with Gasteiger partial charge in [0, 0.05) is 18.7 Å². The summed E-state index contributed by atoms with van der Waals surface area (Å²) in [6.45, 7) is 2.82. The van der Waals surface area contributed by atoms with Gasteiger partial charge in [-0.3, -0.25) is 0 Å². The first-order valence-electron chi connectivity index (χ1n) is 7.28. The number of aryl methyl sites for hydroxylation is 1. The highest BCUT2D eigenvalue weighted by Gasteiger charge is 2.27. The van der Waals surface area contributed by atoms with E-state index in [2.05, 4.69) is 4.98 Å². The van der Waals surface area contributed by atoms with Crippen molar-refractivity contribution in [3.05, 3.63) is 35.7 Å². The van der Waals surface area contributed by atoms with Gasteiger partial charge in [0.25, 0.3) is 0 Å². The molecule has 1 aromatic carbocycles. The van der Waals surface area contributed by atoms with Gasteiger partial charge < -0.3 is 14.3 Å². The fraction of sp³-hybridized carbons (Fsp3) is 0.333. The van der Waals surface area contributed by atoms with Gasteiger partial charge in [-0.05, 0) is 25.1 Å². The van der Waals surface area contributed by atoms with Gasteiger partial charge in [-0.25, -0.2) is 18.2 Å². The van der Waals surface area contributed by atoms with Crippen LogP contribution in [0.1, 0.15) is 16.2 Å².